The SMILES string of the molecule is Cc1ccccc1OC1(C(=O)O)CCN(C(=O)[C@@H](C)n2cccc2)CC1. The van der Waals surface area contributed by atoms with E-state index in [1.165, 1.54) is 0 Å². The van der Waals surface area contributed by atoms with E-state index in [0.717, 1.165) is 5.56 Å². The van der Waals surface area contributed by atoms with Crippen LogP contribution in [0.4, 0.5) is 0 Å². The summed E-state index contributed by atoms with van der Waals surface area (Å²) in [5.41, 5.74) is -0.396. The summed E-state index contributed by atoms with van der Waals surface area (Å²) in [6.07, 6.45) is 4.24. The molecule has 1 aliphatic rings. The summed E-state index contributed by atoms with van der Waals surface area (Å²) < 4.78 is 7.81. The lowest BCUT2D eigenvalue weighted by molar-refractivity contribution is -0.162. The fourth-order valence-electron chi connectivity index (χ4n) is 3.33. The van der Waals surface area contributed by atoms with Gasteiger partial charge in [-0.1, -0.05) is 18.2 Å². The molecule has 0 unspecified atom stereocenters. The molecule has 1 N–H and O–H groups in total. The van der Waals surface area contributed by atoms with Gasteiger partial charge in [0.1, 0.15) is 11.8 Å². The molecule has 1 fully saturated rings. The Kier molecular flexibility index (Phi) is 5.02. The smallest absolute Gasteiger partial charge is 0.348 e. The number of carbonyl (C=O) groups excluding carboxylic acids is 1. The second-order valence-electron chi connectivity index (χ2n) is 6.80. The number of aromatic nitrogens is 1. The molecule has 2 heterocycles. The van der Waals surface area contributed by atoms with Crippen LogP contribution in [0.25, 0.3) is 0 Å². The zero-order valence-corrected chi connectivity index (χ0v) is 15.1. The van der Waals surface area contributed by atoms with Gasteiger partial charge in [0.15, 0.2) is 0 Å². The Morgan fingerprint density at radius 1 is 1.12 bits per heavy atom. The average Bonchev–Trinajstić information content (AvgIpc) is 3.17. The first-order valence-electron chi connectivity index (χ1n) is 8.82. The molecule has 0 radical (unpaired) electrons. The topological polar surface area (TPSA) is 71.8 Å². The van der Waals surface area contributed by atoms with Crippen LogP contribution in [-0.4, -0.2) is 45.1 Å². The molecule has 138 valence electrons. The number of aryl methyl sites for hydroxylation is 1. The third-order valence-electron chi connectivity index (χ3n) is 5.10. The van der Waals surface area contributed by atoms with Crippen molar-refractivity contribution in [2.24, 2.45) is 0 Å². The van der Waals surface area contributed by atoms with Crippen LogP contribution in [0.5, 0.6) is 5.75 Å². The number of carboxylic acids is 1. The Labute approximate surface area is 153 Å². The number of carboxylic acid groups (broad SMARTS) is 1. The molecular formula is C20H24N2O4. The number of aliphatic carboxylic acids is 1. The number of carbonyl (C=O) groups is 2. The maximum Gasteiger partial charge on any atom is 0.348 e. The number of benzene rings is 1. The minimum atomic E-state index is -1.29. The van der Waals surface area contributed by atoms with E-state index in [2.05, 4.69) is 0 Å². The third-order valence-corrected chi connectivity index (χ3v) is 5.10. The minimum Gasteiger partial charge on any atom is -0.478 e. The van der Waals surface area contributed by atoms with E-state index < -0.39 is 11.6 Å². The van der Waals surface area contributed by atoms with Gasteiger partial charge in [0, 0.05) is 38.3 Å². The standard InChI is InChI=1S/C20H24N2O4/c1-15-7-3-4-8-17(15)26-20(19(24)25)9-13-22(14-10-20)18(23)16(2)21-11-5-6-12-21/h3-8,11-12,16H,9-10,13-14H2,1-2H3,(H,24,25)/t16-/m1/s1. The molecule has 0 saturated carbocycles. The van der Waals surface area contributed by atoms with Crippen LogP contribution >= 0.6 is 0 Å². The van der Waals surface area contributed by atoms with Gasteiger partial charge < -0.3 is 19.3 Å². The largest absolute Gasteiger partial charge is 0.478 e. The van der Waals surface area contributed by atoms with Crippen LogP contribution in [0.15, 0.2) is 48.8 Å². The Balaban J connectivity index is 1.70. The van der Waals surface area contributed by atoms with Crippen molar-refractivity contribution in [2.75, 3.05) is 13.1 Å². The fourth-order valence-corrected chi connectivity index (χ4v) is 3.33. The number of hydrogen-bond donors (Lipinski definition) is 1. The molecular weight excluding hydrogens is 332 g/mol. The predicted octanol–water partition coefficient (Wildman–Crippen LogP) is 2.88. The normalized spacial score (nSPS) is 17.5. The second-order valence-corrected chi connectivity index (χ2v) is 6.80. The van der Waals surface area contributed by atoms with E-state index in [1.807, 2.05) is 61.1 Å². The number of piperidine rings is 1. The molecule has 0 spiro atoms. The summed E-state index contributed by atoms with van der Waals surface area (Å²) in [4.78, 5) is 26.4. The highest BCUT2D eigenvalue weighted by Gasteiger charge is 2.45. The number of para-hydroxylation sites is 1. The molecule has 1 saturated heterocycles. The molecule has 1 atom stereocenters. The number of likely N-dealkylation sites (tertiary alicyclic amines) is 1. The summed E-state index contributed by atoms with van der Waals surface area (Å²) in [7, 11) is 0. The lowest BCUT2D eigenvalue weighted by Crippen LogP contribution is -2.55. The maximum absolute atomic E-state index is 12.7. The highest BCUT2D eigenvalue weighted by molar-refractivity contribution is 5.82. The van der Waals surface area contributed by atoms with E-state index >= 15 is 0 Å². The van der Waals surface area contributed by atoms with Gasteiger partial charge in [-0.05, 0) is 37.6 Å². The Morgan fingerprint density at radius 2 is 1.73 bits per heavy atom. The fraction of sp³-hybridized carbons (Fsp3) is 0.400. The summed E-state index contributed by atoms with van der Waals surface area (Å²) in [6.45, 7) is 4.47. The lowest BCUT2D eigenvalue weighted by Gasteiger charge is -2.40. The van der Waals surface area contributed by atoms with E-state index in [0.29, 0.717) is 18.8 Å². The van der Waals surface area contributed by atoms with Crippen molar-refractivity contribution in [3.63, 3.8) is 0 Å². The Bertz CT molecular complexity index is 777. The van der Waals surface area contributed by atoms with Crippen LogP contribution in [-0.2, 0) is 9.59 Å². The van der Waals surface area contributed by atoms with Gasteiger partial charge >= 0.3 is 5.97 Å². The van der Waals surface area contributed by atoms with Crippen LogP contribution in [0, 0.1) is 6.92 Å². The molecule has 26 heavy (non-hydrogen) atoms. The lowest BCUT2D eigenvalue weighted by atomic mass is 9.90. The number of ether oxygens (including phenoxy) is 1. The average molecular weight is 356 g/mol. The zero-order valence-electron chi connectivity index (χ0n) is 15.1. The van der Waals surface area contributed by atoms with E-state index in [-0.39, 0.29) is 24.8 Å². The quantitative estimate of drug-likeness (QED) is 0.894. The molecule has 2 aromatic rings. The van der Waals surface area contributed by atoms with Crippen LogP contribution in [0.1, 0.15) is 31.4 Å². The molecule has 1 aromatic heterocycles. The predicted molar refractivity (Wildman–Crippen MR) is 97.1 cm³/mol. The second kappa shape index (κ2) is 7.23. The molecule has 3 rings (SSSR count). The number of amides is 1. The summed E-state index contributed by atoms with van der Waals surface area (Å²) in [5, 5.41) is 9.79. The van der Waals surface area contributed by atoms with Crippen molar-refractivity contribution in [3.05, 3.63) is 54.4 Å². The van der Waals surface area contributed by atoms with Gasteiger partial charge in [0.25, 0.3) is 0 Å². The molecule has 0 aliphatic carbocycles. The maximum atomic E-state index is 12.7. The Morgan fingerprint density at radius 3 is 2.31 bits per heavy atom. The first-order chi connectivity index (χ1) is 12.4. The van der Waals surface area contributed by atoms with Gasteiger partial charge in [-0.2, -0.15) is 0 Å². The van der Waals surface area contributed by atoms with Gasteiger partial charge in [-0.15, -0.1) is 0 Å². The zero-order chi connectivity index (χ0) is 18.7. The first kappa shape index (κ1) is 18.0. The number of rotatable bonds is 5. The van der Waals surface area contributed by atoms with Crippen molar-refractivity contribution in [3.8, 4) is 5.75 Å². The van der Waals surface area contributed by atoms with E-state index in [9.17, 15) is 14.7 Å². The molecule has 6 heteroatoms. The van der Waals surface area contributed by atoms with Gasteiger partial charge in [-0.25, -0.2) is 4.79 Å². The Hall–Kier alpha value is -2.76. The summed E-state index contributed by atoms with van der Waals surface area (Å²) in [6, 6.07) is 10.8. The highest BCUT2D eigenvalue weighted by Crippen LogP contribution is 2.31. The third kappa shape index (κ3) is 3.45. The van der Waals surface area contributed by atoms with Gasteiger partial charge in [-0.3, -0.25) is 4.79 Å². The van der Waals surface area contributed by atoms with Crippen molar-refractivity contribution < 1.29 is 19.4 Å². The number of hydrogen-bond acceptors (Lipinski definition) is 3. The number of nitrogens with zero attached hydrogens (tertiary/aromatic N) is 2. The van der Waals surface area contributed by atoms with Gasteiger partial charge in [0.2, 0.25) is 11.5 Å². The summed E-state index contributed by atoms with van der Waals surface area (Å²) in [5.74, 6) is -0.405. The van der Waals surface area contributed by atoms with Crippen molar-refractivity contribution in [2.45, 2.75) is 38.3 Å². The summed E-state index contributed by atoms with van der Waals surface area (Å²) >= 11 is 0. The van der Waals surface area contributed by atoms with Crippen molar-refractivity contribution >= 4 is 11.9 Å². The molecule has 1 amide bonds. The van der Waals surface area contributed by atoms with Gasteiger partial charge in [0.05, 0.1) is 0 Å². The molecule has 1 aromatic carbocycles. The molecule has 0 bridgehead atoms. The van der Waals surface area contributed by atoms with Crippen LogP contribution < -0.4 is 4.74 Å². The highest BCUT2D eigenvalue weighted by atomic mass is 16.5. The van der Waals surface area contributed by atoms with Crippen LogP contribution in [0.2, 0.25) is 0 Å². The van der Waals surface area contributed by atoms with Crippen molar-refractivity contribution in [1.82, 2.24) is 9.47 Å². The monoisotopic (exact) mass is 356 g/mol. The van der Waals surface area contributed by atoms with Crippen LogP contribution in [0.3, 0.4) is 0 Å². The minimum absolute atomic E-state index is 0.00363. The van der Waals surface area contributed by atoms with E-state index in [1.54, 1.807) is 11.0 Å². The van der Waals surface area contributed by atoms with Crippen molar-refractivity contribution in [1.29, 1.82) is 0 Å². The molecule has 1 aliphatic heterocycles. The van der Waals surface area contributed by atoms with E-state index in [4.69, 9.17) is 4.74 Å². The molecule has 6 nitrogen and oxygen atoms in total. The first-order valence-corrected chi connectivity index (χ1v) is 8.82.